The molecule has 224 valence electrons. The molecule has 3 amide bonds. The summed E-state index contributed by atoms with van der Waals surface area (Å²) in [5.41, 5.74) is 0.865. The fourth-order valence-corrected chi connectivity index (χ4v) is 4.60. The molecule has 2 heterocycles. The van der Waals surface area contributed by atoms with Crippen molar-refractivity contribution >= 4 is 34.7 Å². The van der Waals surface area contributed by atoms with Gasteiger partial charge < -0.3 is 34.9 Å². The molecule has 12 heteroatoms. The molecule has 3 rings (SSSR count). The Morgan fingerprint density at radius 1 is 1.15 bits per heavy atom. The highest BCUT2D eigenvalue weighted by Gasteiger charge is 2.31. The highest BCUT2D eigenvalue weighted by Crippen LogP contribution is 2.42. The molecular weight excluding hydrogens is 534 g/mol. The molecule has 0 radical (unpaired) electrons. The zero-order valence-corrected chi connectivity index (χ0v) is 24.2. The monoisotopic (exact) mass is 573 g/mol. The summed E-state index contributed by atoms with van der Waals surface area (Å²) >= 11 is 0. The Morgan fingerprint density at radius 2 is 1.88 bits per heavy atom. The highest BCUT2D eigenvalue weighted by molar-refractivity contribution is 5.92. The van der Waals surface area contributed by atoms with Gasteiger partial charge in [-0.1, -0.05) is 20.3 Å². The van der Waals surface area contributed by atoms with Crippen LogP contribution in [0.2, 0.25) is 0 Å². The van der Waals surface area contributed by atoms with E-state index in [1.165, 1.54) is 6.07 Å². The van der Waals surface area contributed by atoms with E-state index in [4.69, 9.17) is 19.0 Å². The number of hydrogen-bond donors (Lipinski definition) is 4. The summed E-state index contributed by atoms with van der Waals surface area (Å²) in [6.07, 6.45) is 2.20. The number of ether oxygens (including phenoxy) is 2. The molecule has 0 bridgehead atoms. The molecule has 12 nitrogen and oxygen atoms in total. The minimum atomic E-state index is -0.954. The summed E-state index contributed by atoms with van der Waals surface area (Å²) in [4.78, 5) is 60.5. The molecule has 1 aliphatic heterocycles. The van der Waals surface area contributed by atoms with Gasteiger partial charge >= 0.3 is 11.6 Å². The van der Waals surface area contributed by atoms with Crippen molar-refractivity contribution in [1.29, 1.82) is 0 Å². The van der Waals surface area contributed by atoms with Crippen molar-refractivity contribution in [3.05, 3.63) is 33.7 Å². The molecule has 1 aliphatic rings. The number of benzene rings is 1. The van der Waals surface area contributed by atoms with Gasteiger partial charge in [0.05, 0.1) is 11.9 Å². The van der Waals surface area contributed by atoms with E-state index in [-0.39, 0.29) is 31.8 Å². The van der Waals surface area contributed by atoms with Gasteiger partial charge in [-0.25, -0.2) is 4.79 Å². The number of nitrogens with one attached hydrogen (secondary N) is 3. The minimum absolute atomic E-state index is 0.0744. The van der Waals surface area contributed by atoms with Gasteiger partial charge in [-0.3, -0.25) is 19.2 Å². The first kappa shape index (κ1) is 31.4. The fourth-order valence-electron chi connectivity index (χ4n) is 4.60. The Kier molecular flexibility index (Phi) is 10.4. The van der Waals surface area contributed by atoms with Gasteiger partial charge in [0.25, 0.3) is 5.91 Å². The number of amides is 3. The van der Waals surface area contributed by atoms with Crippen LogP contribution in [0.4, 0.5) is 0 Å². The Hall–Kier alpha value is -4.09. The van der Waals surface area contributed by atoms with Gasteiger partial charge in [-0.15, -0.1) is 0 Å². The average molecular weight is 574 g/mol. The van der Waals surface area contributed by atoms with E-state index in [9.17, 15) is 24.0 Å². The van der Waals surface area contributed by atoms with Crippen molar-refractivity contribution in [3.63, 3.8) is 0 Å². The predicted octanol–water partition coefficient (Wildman–Crippen LogP) is 2.21. The van der Waals surface area contributed by atoms with Gasteiger partial charge in [-0.05, 0) is 51.5 Å². The van der Waals surface area contributed by atoms with Crippen molar-refractivity contribution in [1.82, 2.24) is 16.0 Å². The second kappa shape index (κ2) is 13.5. The molecule has 41 heavy (non-hydrogen) atoms. The molecule has 0 spiro atoms. The molecule has 1 aromatic heterocycles. The van der Waals surface area contributed by atoms with E-state index >= 15 is 0 Å². The van der Waals surface area contributed by atoms with Gasteiger partial charge in [0.15, 0.2) is 6.61 Å². The second-order valence-electron chi connectivity index (χ2n) is 11.0. The van der Waals surface area contributed by atoms with Crippen LogP contribution in [0.15, 0.2) is 21.3 Å². The Labute approximate surface area is 238 Å². The quantitative estimate of drug-likeness (QED) is 0.207. The summed E-state index contributed by atoms with van der Waals surface area (Å²) in [6.45, 7) is 8.74. The zero-order chi connectivity index (χ0) is 30.3. The third-order valence-electron chi connectivity index (χ3n) is 7.09. The Morgan fingerprint density at radius 3 is 2.56 bits per heavy atom. The van der Waals surface area contributed by atoms with E-state index < -0.39 is 47.6 Å². The molecule has 4 N–H and O–H groups in total. The van der Waals surface area contributed by atoms with Crippen molar-refractivity contribution in [2.24, 2.45) is 5.92 Å². The molecular formula is C29H39N3O9. The van der Waals surface area contributed by atoms with Gasteiger partial charge in [0.2, 0.25) is 11.8 Å². The molecule has 0 aliphatic carbocycles. The van der Waals surface area contributed by atoms with E-state index in [2.05, 4.69) is 16.0 Å². The molecule has 0 saturated heterocycles. The number of fused-ring (bicyclic) bond motifs is 3. The predicted molar refractivity (Wildman–Crippen MR) is 150 cm³/mol. The fraction of sp³-hybridized carbons (Fsp3) is 0.552. The van der Waals surface area contributed by atoms with Crippen LogP contribution >= 0.6 is 0 Å². The third-order valence-corrected chi connectivity index (χ3v) is 7.09. The first-order valence-corrected chi connectivity index (χ1v) is 13.8. The molecule has 0 fully saturated rings. The van der Waals surface area contributed by atoms with Crippen LogP contribution in [0, 0.1) is 12.8 Å². The highest BCUT2D eigenvalue weighted by atomic mass is 16.5. The van der Waals surface area contributed by atoms with Gasteiger partial charge in [-0.2, -0.15) is 0 Å². The number of carboxylic acid groups (broad SMARTS) is 1. The van der Waals surface area contributed by atoms with Crippen molar-refractivity contribution in [2.75, 3.05) is 19.7 Å². The minimum Gasteiger partial charge on any atom is -0.487 e. The first-order valence-electron chi connectivity index (χ1n) is 13.8. The molecule has 2 aromatic rings. The van der Waals surface area contributed by atoms with Crippen molar-refractivity contribution < 1.29 is 38.2 Å². The Balaban J connectivity index is 1.62. The lowest BCUT2D eigenvalue weighted by Gasteiger charge is -2.33. The lowest BCUT2D eigenvalue weighted by atomic mass is 9.92. The van der Waals surface area contributed by atoms with E-state index in [1.54, 1.807) is 13.0 Å². The molecule has 0 unspecified atom stereocenters. The number of aryl methyl sites for hydroxylation is 2. The van der Waals surface area contributed by atoms with Crippen LogP contribution in [-0.2, 0) is 25.6 Å². The maximum absolute atomic E-state index is 12.6. The van der Waals surface area contributed by atoms with Crippen LogP contribution in [0.1, 0.15) is 64.5 Å². The van der Waals surface area contributed by atoms with E-state index in [0.29, 0.717) is 40.9 Å². The molecule has 1 aromatic carbocycles. The zero-order valence-electron chi connectivity index (χ0n) is 24.2. The van der Waals surface area contributed by atoms with E-state index in [0.717, 1.165) is 12.0 Å². The van der Waals surface area contributed by atoms with Crippen LogP contribution in [0.5, 0.6) is 11.5 Å². The lowest BCUT2D eigenvalue weighted by Crippen LogP contribution is -2.52. The lowest BCUT2D eigenvalue weighted by molar-refractivity contribution is -0.137. The number of carbonyl (C=O) groups is 4. The van der Waals surface area contributed by atoms with Crippen molar-refractivity contribution in [2.45, 2.75) is 78.4 Å². The number of hydrogen-bond acceptors (Lipinski definition) is 8. The molecule has 0 saturated carbocycles. The topological polar surface area (TPSA) is 173 Å². The summed E-state index contributed by atoms with van der Waals surface area (Å²) in [6, 6.07) is 2.21. The number of carbonyl (C=O) groups excluding carboxylic acids is 3. The van der Waals surface area contributed by atoms with Crippen LogP contribution in [0.3, 0.4) is 0 Å². The maximum atomic E-state index is 12.6. The number of rotatable bonds is 13. The number of carboxylic acids is 1. The normalized spacial score (nSPS) is 15.1. The third kappa shape index (κ3) is 8.45. The summed E-state index contributed by atoms with van der Waals surface area (Å²) in [5.74, 6) is -1.85. The summed E-state index contributed by atoms with van der Waals surface area (Å²) in [5, 5.41) is 17.1. The first-order chi connectivity index (χ1) is 19.3. The summed E-state index contributed by atoms with van der Waals surface area (Å²) in [7, 11) is 0. The SMILES string of the molecule is CC[C@H](C)[C@H](NC(=O)CNC(=O)COc1cc2c(c3oc(=O)cc(C)c13)CCC(C)(C)O2)C(=O)NCCCC(=O)O. The number of aliphatic carboxylic acids is 1. The van der Waals surface area contributed by atoms with E-state index in [1.807, 2.05) is 27.7 Å². The van der Waals surface area contributed by atoms with Gasteiger partial charge in [0.1, 0.15) is 28.7 Å². The average Bonchev–Trinajstić information content (AvgIpc) is 2.89. The van der Waals surface area contributed by atoms with Crippen LogP contribution < -0.4 is 31.0 Å². The van der Waals surface area contributed by atoms with Crippen LogP contribution in [0.25, 0.3) is 11.0 Å². The summed E-state index contributed by atoms with van der Waals surface area (Å²) < 4.78 is 17.5. The largest absolute Gasteiger partial charge is 0.487 e. The standard InChI is InChI=1S/C29H39N3O9/c1-6-16(2)26(28(38)30-11-7-8-23(35)36)32-21(33)14-31-22(34)15-39-20-13-19-18(9-10-29(4,5)41-19)27-25(20)17(3)12-24(37)40-27/h12-13,16,26H,6-11,14-15H2,1-5H3,(H,30,38)(H,31,34)(H,32,33)(H,35,36)/t16-,26-/m0/s1. The Bertz CT molecular complexity index is 1370. The second-order valence-corrected chi connectivity index (χ2v) is 11.0. The van der Waals surface area contributed by atoms with Crippen molar-refractivity contribution in [3.8, 4) is 11.5 Å². The smallest absolute Gasteiger partial charge is 0.336 e. The molecule has 2 atom stereocenters. The van der Waals surface area contributed by atoms with Gasteiger partial charge in [0, 0.05) is 30.7 Å². The maximum Gasteiger partial charge on any atom is 0.336 e. The van der Waals surface area contributed by atoms with Crippen LogP contribution in [-0.4, -0.2) is 60.1 Å².